The van der Waals surface area contributed by atoms with Crippen LogP contribution in [0.5, 0.6) is 0 Å². The van der Waals surface area contributed by atoms with Crippen LogP contribution in [0.15, 0.2) is 65.2 Å². The lowest BCUT2D eigenvalue weighted by atomic mass is 10.1. The van der Waals surface area contributed by atoms with Crippen LogP contribution in [0.25, 0.3) is 11.1 Å². The number of para-hydroxylation sites is 2. The molecule has 25 heavy (non-hydrogen) atoms. The van der Waals surface area contributed by atoms with Crippen LogP contribution in [0.2, 0.25) is 0 Å². The van der Waals surface area contributed by atoms with E-state index in [9.17, 15) is 9.59 Å². The first-order valence-corrected chi connectivity index (χ1v) is 7.52. The number of carbonyl (C=O) groups excluding carboxylic acids is 2. The van der Waals surface area contributed by atoms with Crippen molar-refractivity contribution < 1.29 is 14.0 Å². The van der Waals surface area contributed by atoms with Crippen molar-refractivity contribution in [3.8, 4) is 0 Å². The van der Waals surface area contributed by atoms with Gasteiger partial charge in [-0.25, -0.2) is 0 Å². The van der Waals surface area contributed by atoms with Gasteiger partial charge in [0.25, 0.3) is 5.91 Å². The van der Waals surface area contributed by atoms with Gasteiger partial charge in [0.15, 0.2) is 5.58 Å². The van der Waals surface area contributed by atoms with E-state index in [1.54, 1.807) is 36.4 Å². The number of hydrogen-bond acceptors (Lipinski definition) is 5. The first kappa shape index (κ1) is 14.8. The average molecular weight is 332 g/mol. The number of carbonyl (C=O) groups is 2. The van der Waals surface area contributed by atoms with E-state index in [0.29, 0.717) is 16.7 Å². The smallest absolute Gasteiger partial charge is 0.302 e. The number of fused-ring (bicyclic) bond motifs is 1. The summed E-state index contributed by atoms with van der Waals surface area (Å²) in [6.07, 6.45) is 1.30. The molecule has 0 saturated heterocycles. The zero-order chi connectivity index (χ0) is 17.2. The van der Waals surface area contributed by atoms with Gasteiger partial charge >= 0.3 is 6.01 Å². The van der Waals surface area contributed by atoms with Crippen molar-refractivity contribution in [3.63, 3.8) is 0 Å². The third-order valence-electron chi connectivity index (χ3n) is 3.66. The highest BCUT2D eigenvalue weighted by Crippen LogP contribution is 2.19. The molecule has 0 spiro atoms. The zero-order valence-corrected chi connectivity index (χ0v) is 12.9. The molecule has 0 unspecified atom stereocenters. The Bertz CT molecular complexity index is 1030. The van der Waals surface area contributed by atoms with Gasteiger partial charge in [0.1, 0.15) is 11.2 Å². The largest absolute Gasteiger partial charge is 0.423 e. The molecule has 0 bridgehead atoms. The summed E-state index contributed by atoms with van der Waals surface area (Å²) in [4.78, 5) is 29.2. The predicted molar refractivity (Wildman–Crippen MR) is 90.4 cm³/mol. The monoisotopic (exact) mass is 332 g/mol. The first-order chi connectivity index (χ1) is 12.2. The molecule has 1 amide bonds. The van der Waals surface area contributed by atoms with E-state index in [1.807, 2.05) is 18.2 Å². The lowest BCUT2D eigenvalue weighted by Crippen LogP contribution is -2.16. The maximum absolute atomic E-state index is 12.5. The highest BCUT2D eigenvalue weighted by molar-refractivity contribution is 6.16. The molecule has 0 saturated carbocycles. The molecule has 7 heteroatoms. The van der Waals surface area contributed by atoms with Crippen LogP contribution < -0.4 is 5.32 Å². The van der Waals surface area contributed by atoms with Crippen molar-refractivity contribution in [1.29, 1.82) is 0 Å². The third-order valence-corrected chi connectivity index (χ3v) is 3.66. The van der Waals surface area contributed by atoms with Gasteiger partial charge in [-0.3, -0.25) is 20.0 Å². The van der Waals surface area contributed by atoms with Crippen molar-refractivity contribution in [3.05, 3.63) is 77.6 Å². The summed E-state index contributed by atoms with van der Waals surface area (Å²) in [5.74, 6) is -0.847. The number of rotatable bonds is 4. The number of anilines is 1. The van der Waals surface area contributed by atoms with Crippen LogP contribution in [0.4, 0.5) is 6.01 Å². The normalized spacial score (nSPS) is 10.7. The fourth-order valence-corrected chi connectivity index (χ4v) is 2.46. The third kappa shape index (κ3) is 2.78. The SMILES string of the molecule is O=C(Nc1nc2ccccc2o1)c1cn[nH]c1C(=O)c1ccccc1. The molecule has 2 aromatic heterocycles. The summed E-state index contributed by atoms with van der Waals surface area (Å²) in [5.41, 5.74) is 1.88. The molecule has 4 rings (SSSR count). The molecular formula is C18H12N4O3. The number of amides is 1. The van der Waals surface area contributed by atoms with Crippen molar-refractivity contribution in [2.75, 3.05) is 5.32 Å². The molecule has 7 nitrogen and oxygen atoms in total. The van der Waals surface area contributed by atoms with Crippen LogP contribution in [0.3, 0.4) is 0 Å². The van der Waals surface area contributed by atoms with Crippen molar-refractivity contribution in [2.45, 2.75) is 0 Å². The molecule has 0 atom stereocenters. The van der Waals surface area contributed by atoms with Crippen LogP contribution in [-0.2, 0) is 0 Å². The second-order valence-electron chi connectivity index (χ2n) is 5.29. The number of nitrogens with one attached hydrogen (secondary N) is 2. The Morgan fingerprint density at radius 1 is 1.00 bits per heavy atom. The van der Waals surface area contributed by atoms with Gasteiger partial charge in [0.05, 0.1) is 11.8 Å². The number of hydrogen-bond donors (Lipinski definition) is 2. The molecule has 0 aliphatic heterocycles. The van der Waals surface area contributed by atoms with Crippen molar-refractivity contribution >= 4 is 28.8 Å². The molecule has 0 aliphatic rings. The standard InChI is InChI=1S/C18H12N4O3/c23-16(11-6-2-1-3-7-11)15-12(10-19-22-15)17(24)21-18-20-13-8-4-5-9-14(13)25-18/h1-10H,(H,19,22)(H,20,21,24). The lowest BCUT2D eigenvalue weighted by Gasteiger charge is -2.02. The highest BCUT2D eigenvalue weighted by atomic mass is 16.4. The fourth-order valence-electron chi connectivity index (χ4n) is 2.46. The topological polar surface area (TPSA) is 101 Å². The summed E-state index contributed by atoms with van der Waals surface area (Å²) in [7, 11) is 0. The minimum Gasteiger partial charge on any atom is -0.423 e. The summed E-state index contributed by atoms with van der Waals surface area (Å²) >= 11 is 0. The van der Waals surface area contributed by atoms with E-state index in [-0.39, 0.29) is 23.1 Å². The van der Waals surface area contributed by atoms with E-state index in [4.69, 9.17) is 4.42 Å². The fraction of sp³-hybridized carbons (Fsp3) is 0. The second-order valence-corrected chi connectivity index (χ2v) is 5.29. The molecule has 2 aromatic carbocycles. The number of oxazole rings is 1. The minimum atomic E-state index is -0.528. The average Bonchev–Trinajstić information content (AvgIpc) is 3.28. The molecular weight excluding hydrogens is 320 g/mol. The molecule has 0 radical (unpaired) electrons. The Hall–Kier alpha value is -3.74. The molecule has 0 aliphatic carbocycles. The summed E-state index contributed by atoms with van der Waals surface area (Å²) in [5, 5.41) is 8.95. The van der Waals surface area contributed by atoms with Crippen molar-refractivity contribution in [2.24, 2.45) is 0 Å². The number of H-pyrrole nitrogens is 1. The summed E-state index contributed by atoms with van der Waals surface area (Å²) in [6.45, 7) is 0. The van der Waals surface area contributed by atoms with Gasteiger partial charge < -0.3 is 4.42 Å². The quantitative estimate of drug-likeness (QED) is 0.559. The van der Waals surface area contributed by atoms with E-state index in [0.717, 1.165) is 0 Å². The number of nitrogens with zero attached hydrogens (tertiary/aromatic N) is 2. The molecule has 4 aromatic rings. The summed E-state index contributed by atoms with van der Waals surface area (Å²) in [6, 6.07) is 15.9. The van der Waals surface area contributed by atoms with Crippen LogP contribution in [-0.4, -0.2) is 26.9 Å². The predicted octanol–water partition coefficient (Wildman–Crippen LogP) is 3.03. The van der Waals surface area contributed by atoms with Gasteiger partial charge in [-0.05, 0) is 12.1 Å². The lowest BCUT2D eigenvalue weighted by molar-refractivity contribution is 0.0993. The van der Waals surface area contributed by atoms with Crippen molar-refractivity contribution in [1.82, 2.24) is 15.2 Å². The maximum Gasteiger partial charge on any atom is 0.302 e. The van der Waals surface area contributed by atoms with Gasteiger partial charge in [0.2, 0.25) is 5.78 Å². The molecule has 2 heterocycles. The first-order valence-electron chi connectivity index (χ1n) is 7.52. The van der Waals surface area contributed by atoms with Crippen LogP contribution in [0.1, 0.15) is 26.4 Å². The molecule has 2 N–H and O–H groups in total. The van der Waals surface area contributed by atoms with E-state index in [2.05, 4.69) is 20.5 Å². The van der Waals surface area contributed by atoms with Crippen LogP contribution >= 0.6 is 0 Å². The Labute approximate surface area is 141 Å². The van der Waals surface area contributed by atoms with Crippen LogP contribution in [0, 0.1) is 0 Å². The van der Waals surface area contributed by atoms with Gasteiger partial charge in [-0.15, -0.1) is 0 Å². The van der Waals surface area contributed by atoms with E-state index >= 15 is 0 Å². The molecule has 122 valence electrons. The zero-order valence-electron chi connectivity index (χ0n) is 12.9. The number of benzene rings is 2. The number of aromatic nitrogens is 3. The number of ketones is 1. The highest BCUT2D eigenvalue weighted by Gasteiger charge is 2.22. The van der Waals surface area contributed by atoms with Gasteiger partial charge in [-0.1, -0.05) is 42.5 Å². The Morgan fingerprint density at radius 3 is 2.56 bits per heavy atom. The van der Waals surface area contributed by atoms with E-state index in [1.165, 1.54) is 6.20 Å². The Kier molecular flexibility index (Phi) is 3.59. The second kappa shape index (κ2) is 6.04. The van der Waals surface area contributed by atoms with Gasteiger partial charge in [0, 0.05) is 5.56 Å². The van der Waals surface area contributed by atoms with E-state index < -0.39 is 5.91 Å². The van der Waals surface area contributed by atoms with Gasteiger partial charge in [-0.2, -0.15) is 10.1 Å². The molecule has 0 fully saturated rings. The Balaban J connectivity index is 1.61. The number of aromatic amines is 1. The Morgan fingerprint density at radius 2 is 1.76 bits per heavy atom. The maximum atomic E-state index is 12.5. The summed E-state index contributed by atoms with van der Waals surface area (Å²) < 4.78 is 5.46. The minimum absolute atomic E-state index is 0.0607.